The summed E-state index contributed by atoms with van der Waals surface area (Å²) < 4.78 is 0. The number of aryl methyl sites for hydroxylation is 1. The highest BCUT2D eigenvalue weighted by Crippen LogP contribution is 2.33. The summed E-state index contributed by atoms with van der Waals surface area (Å²) in [5, 5.41) is 5.06. The Bertz CT molecular complexity index is 964. The molecule has 4 nitrogen and oxygen atoms in total. The number of nitrogens with zero attached hydrogens (tertiary/aromatic N) is 2. The Balaban J connectivity index is 1.95. The second kappa shape index (κ2) is 5.85. The van der Waals surface area contributed by atoms with Crippen molar-refractivity contribution in [3.8, 4) is 0 Å². The summed E-state index contributed by atoms with van der Waals surface area (Å²) >= 11 is 1.56. The van der Waals surface area contributed by atoms with Gasteiger partial charge in [0.1, 0.15) is 0 Å². The maximum atomic E-state index is 4.81. The van der Waals surface area contributed by atoms with Crippen LogP contribution in [0, 0.1) is 0 Å². The molecule has 114 valence electrons. The molecule has 0 saturated heterocycles. The molecule has 23 heavy (non-hydrogen) atoms. The quantitative estimate of drug-likeness (QED) is 0.417. The molecule has 0 atom stereocenters. The van der Waals surface area contributed by atoms with Crippen molar-refractivity contribution < 1.29 is 0 Å². The van der Waals surface area contributed by atoms with Gasteiger partial charge in [0, 0.05) is 22.3 Å². The first-order chi connectivity index (χ1) is 11.4. The molecule has 0 amide bonds. The molecule has 0 unspecified atom stereocenters. The second-order valence-electron chi connectivity index (χ2n) is 5.26. The van der Waals surface area contributed by atoms with Crippen molar-refractivity contribution in [3.63, 3.8) is 0 Å². The van der Waals surface area contributed by atoms with E-state index in [0.29, 0.717) is 0 Å². The highest BCUT2D eigenvalue weighted by molar-refractivity contribution is 7.13. The molecule has 0 fully saturated rings. The molecule has 5 heteroatoms. The summed E-state index contributed by atoms with van der Waals surface area (Å²) in [7, 11) is 0. The summed E-state index contributed by atoms with van der Waals surface area (Å²) in [6.07, 6.45) is 2.75. The van der Waals surface area contributed by atoms with Crippen LogP contribution in [0.15, 0.2) is 54.0 Å². The van der Waals surface area contributed by atoms with Gasteiger partial charge in [-0.05, 0) is 24.1 Å². The fourth-order valence-electron chi connectivity index (χ4n) is 2.84. The third-order valence-electron chi connectivity index (χ3n) is 3.90. The minimum absolute atomic E-state index is 0.841. The van der Waals surface area contributed by atoms with Gasteiger partial charge in [0.2, 0.25) is 5.13 Å². The van der Waals surface area contributed by atoms with Gasteiger partial charge < -0.3 is 0 Å². The van der Waals surface area contributed by atoms with Gasteiger partial charge >= 0.3 is 0 Å². The number of pyridine rings is 1. The molecule has 0 aliphatic rings. The Kier molecular flexibility index (Phi) is 3.55. The van der Waals surface area contributed by atoms with Gasteiger partial charge in [0.15, 0.2) is 0 Å². The maximum Gasteiger partial charge on any atom is 0.201 e. The summed E-state index contributed by atoms with van der Waals surface area (Å²) in [6.45, 7) is 2.17. The summed E-state index contributed by atoms with van der Waals surface area (Å²) in [5.41, 5.74) is 10.9. The second-order valence-corrected chi connectivity index (χ2v) is 6.15. The number of anilines is 2. The van der Waals surface area contributed by atoms with E-state index in [0.717, 1.165) is 39.0 Å². The van der Waals surface area contributed by atoms with Crippen LogP contribution in [0.3, 0.4) is 0 Å². The maximum absolute atomic E-state index is 4.81. The van der Waals surface area contributed by atoms with Crippen LogP contribution in [0.25, 0.3) is 21.8 Å². The highest BCUT2D eigenvalue weighted by Gasteiger charge is 2.12. The number of thiazole rings is 1. The zero-order valence-electron chi connectivity index (χ0n) is 12.7. The molecule has 0 spiro atoms. The molecule has 4 aromatic rings. The first-order valence-electron chi connectivity index (χ1n) is 7.58. The van der Waals surface area contributed by atoms with Crippen molar-refractivity contribution in [2.75, 3.05) is 10.9 Å². The molecule has 0 radical (unpaired) electrons. The van der Waals surface area contributed by atoms with Crippen molar-refractivity contribution in [2.24, 2.45) is 0 Å². The van der Waals surface area contributed by atoms with Gasteiger partial charge in [-0.3, -0.25) is 10.9 Å². The molecule has 0 saturated carbocycles. The number of hydrazine groups is 1. The normalized spacial score (nSPS) is 11.0. The van der Waals surface area contributed by atoms with Crippen molar-refractivity contribution in [1.29, 1.82) is 0 Å². The minimum Gasteiger partial charge on any atom is -0.298 e. The van der Waals surface area contributed by atoms with E-state index < -0.39 is 0 Å². The van der Waals surface area contributed by atoms with E-state index in [1.807, 2.05) is 23.6 Å². The molecule has 2 N–H and O–H groups in total. The van der Waals surface area contributed by atoms with E-state index in [1.165, 1.54) is 5.56 Å². The van der Waals surface area contributed by atoms with Crippen LogP contribution < -0.4 is 10.9 Å². The summed E-state index contributed by atoms with van der Waals surface area (Å²) in [4.78, 5) is 9.07. The van der Waals surface area contributed by atoms with Gasteiger partial charge in [-0.25, -0.2) is 9.97 Å². The Hall–Kier alpha value is -2.66. The number of aromatic nitrogens is 2. The van der Waals surface area contributed by atoms with Crippen LogP contribution >= 0.6 is 11.3 Å². The SMILES string of the molecule is CCc1cccc2nc3ccccc3c(NNc3nccs3)c12. The highest BCUT2D eigenvalue weighted by atomic mass is 32.1. The average Bonchev–Trinajstić information content (AvgIpc) is 3.11. The summed E-state index contributed by atoms with van der Waals surface area (Å²) in [6, 6.07) is 14.5. The fraction of sp³-hybridized carbons (Fsp3) is 0.111. The Morgan fingerprint density at radius 2 is 1.87 bits per heavy atom. The minimum atomic E-state index is 0.841. The number of fused-ring (bicyclic) bond motifs is 2. The van der Waals surface area contributed by atoms with Crippen molar-refractivity contribution in [1.82, 2.24) is 9.97 Å². The van der Waals surface area contributed by atoms with Gasteiger partial charge in [-0.2, -0.15) is 0 Å². The van der Waals surface area contributed by atoms with Crippen LogP contribution in [0.5, 0.6) is 0 Å². The zero-order valence-corrected chi connectivity index (χ0v) is 13.5. The number of rotatable bonds is 4. The Labute approximate surface area is 138 Å². The predicted molar refractivity (Wildman–Crippen MR) is 98.0 cm³/mol. The van der Waals surface area contributed by atoms with Crippen LogP contribution in [0.2, 0.25) is 0 Å². The Morgan fingerprint density at radius 3 is 2.70 bits per heavy atom. The summed E-state index contributed by atoms with van der Waals surface area (Å²) in [5.74, 6) is 0. The molecule has 0 bridgehead atoms. The van der Waals surface area contributed by atoms with E-state index in [-0.39, 0.29) is 0 Å². The lowest BCUT2D eigenvalue weighted by molar-refractivity contribution is 1.16. The number of para-hydroxylation sites is 1. The first-order valence-corrected chi connectivity index (χ1v) is 8.46. The Morgan fingerprint density at radius 1 is 1.00 bits per heavy atom. The number of hydrogen-bond acceptors (Lipinski definition) is 5. The topological polar surface area (TPSA) is 49.8 Å². The molecule has 0 aliphatic carbocycles. The molecule has 4 rings (SSSR count). The fourth-order valence-corrected chi connectivity index (χ4v) is 3.32. The van der Waals surface area contributed by atoms with E-state index in [1.54, 1.807) is 17.5 Å². The first kappa shape index (κ1) is 14.0. The number of hydrogen-bond donors (Lipinski definition) is 2. The molecule has 2 aromatic heterocycles. The lowest BCUT2D eigenvalue weighted by Crippen LogP contribution is -2.10. The molecule has 2 aromatic carbocycles. The van der Waals surface area contributed by atoms with E-state index >= 15 is 0 Å². The standard InChI is InChI=1S/C18H16N4S/c1-2-12-6-5-9-15-16(12)17(21-22-18-19-10-11-23-18)13-7-3-4-8-14(13)20-15/h3-11H,2H2,1H3,(H,19,22)(H,20,21). The van der Waals surface area contributed by atoms with Gasteiger partial charge in [-0.1, -0.05) is 37.3 Å². The van der Waals surface area contributed by atoms with Gasteiger partial charge in [0.05, 0.1) is 16.7 Å². The van der Waals surface area contributed by atoms with Crippen molar-refractivity contribution in [3.05, 3.63) is 59.6 Å². The van der Waals surface area contributed by atoms with E-state index in [2.05, 4.69) is 47.0 Å². The van der Waals surface area contributed by atoms with Crippen LogP contribution in [-0.4, -0.2) is 9.97 Å². The van der Waals surface area contributed by atoms with Crippen LogP contribution in [0.1, 0.15) is 12.5 Å². The van der Waals surface area contributed by atoms with E-state index in [4.69, 9.17) is 4.98 Å². The molecular formula is C18H16N4S. The zero-order chi connectivity index (χ0) is 15.6. The van der Waals surface area contributed by atoms with Gasteiger partial charge in [0.25, 0.3) is 0 Å². The number of benzene rings is 2. The molecular weight excluding hydrogens is 304 g/mol. The van der Waals surface area contributed by atoms with Crippen LogP contribution in [0.4, 0.5) is 10.8 Å². The number of nitrogens with one attached hydrogen (secondary N) is 2. The third kappa shape index (κ3) is 2.49. The largest absolute Gasteiger partial charge is 0.298 e. The van der Waals surface area contributed by atoms with Crippen LogP contribution in [-0.2, 0) is 6.42 Å². The molecule has 2 heterocycles. The van der Waals surface area contributed by atoms with Crippen molar-refractivity contribution in [2.45, 2.75) is 13.3 Å². The smallest absolute Gasteiger partial charge is 0.201 e. The van der Waals surface area contributed by atoms with Gasteiger partial charge in [-0.15, -0.1) is 11.3 Å². The van der Waals surface area contributed by atoms with Crippen molar-refractivity contribution >= 4 is 44.0 Å². The van der Waals surface area contributed by atoms with E-state index in [9.17, 15) is 0 Å². The molecule has 0 aliphatic heterocycles. The monoisotopic (exact) mass is 320 g/mol. The third-order valence-corrected chi connectivity index (χ3v) is 4.59. The lowest BCUT2D eigenvalue weighted by atomic mass is 10.0. The predicted octanol–water partition coefficient (Wildman–Crippen LogP) is 4.85. The average molecular weight is 320 g/mol. The lowest BCUT2D eigenvalue weighted by Gasteiger charge is -2.15.